The highest BCUT2D eigenvalue weighted by Crippen LogP contribution is 2.41. The van der Waals surface area contributed by atoms with E-state index in [1.807, 2.05) is 6.08 Å². The molecular formula is C54H41N3Si. The van der Waals surface area contributed by atoms with Crippen molar-refractivity contribution in [1.29, 1.82) is 0 Å². The van der Waals surface area contributed by atoms with E-state index in [2.05, 4.69) is 229 Å². The fourth-order valence-corrected chi connectivity index (χ4v) is 15.0. The molecule has 10 aromatic rings. The van der Waals surface area contributed by atoms with Crippen molar-refractivity contribution in [3.8, 4) is 11.4 Å². The van der Waals surface area contributed by atoms with E-state index >= 15 is 0 Å². The Bertz CT molecular complexity index is 3120. The van der Waals surface area contributed by atoms with Crippen molar-refractivity contribution in [2.45, 2.75) is 13.8 Å². The van der Waals surface area contributed by atoms with E-state index in [9.17, 15) is 0 Å². The zero-order valence-corrected chi connectivity index (χ0v) is 33.6. The number of aryl methyl sites for hydroxylation is 2. The minimum absolute atomic E-state index is 1.12. The van der Waals surface area contributed by atoms with E-state index in [-0.39, 0.29) is 0 Å². The number of nitrogens with zero attached hydrogens (tertiary/aromatic N) is 3. The number of aromatic nitrogens is 2. The van der Waals surface area contributed by atoms with Gasteiger partial charge in [-0.15, -0.1) is 0 Å². The third kappa shape index (κ3) is 4.85. The largest absolute Gasteiger partial charge is 0.311 e. The van der Waals surface area contributed by atoms with Crippen LogP contribution in [0.1, 0.15) is 16.8 Å². The first kappa shape index (κ1) is 34.1. The summed E-state index contributed by atoms with van der Waals surface area (Å²) in [6.07, 6.45) is 2.01. The van der Waals surface area contributed by atoms with Crippen molar-refractivity contribution >= 4 is 84.7 Å². The first-order valence-corrected chi connectivity index (χ1v) is 22.1. The lowest BCUT2D eigenvalue weighted by molar-refractivity contribution is 1.10. The minimum atomic E-state index is -3.09. The van der Waals surface area contributed by atoms with Crippen LogP contribution in [0.15, 0.2) is 201 Å². The first-order chi connectivity index (χ1) is 28.6. The van der Waals surface area contributed by atoms with Crippen LogP contribution in [0.4, 0.5) is 17.1 Å². The van der Waals surface area contributed by atoms with Crippen LogP contribution in [0.3, 0.4) is 0 Å². The molecule has 1 aliphatic rings. The molecule has 0 aliphatic carbocycles. The standard InChI is InChI=1S/C54H41N3Si/c1-4-47-38(3)44-21-11-14-24-48(44)56(47)40-31-33-51-53(35-40)58(42-17-7-5-8-18-42,43-19-9-6-10-20-43)54-36-41(32-34-52(54)55(51)39-29-27-37(2)28-30-39)57-49-25-15-12-22-45(49)46-23-13-16-26-50(46)57/h4-36H,1H2,2-3H3. The monoisotopic (exact) mass is 759 g/mol. The number of hydrogen-bond acceptors (Lipinski definition) is 1. The van der Waals surface area contributed by atoms with Gasteiger partial charge < -0.3 is 14.0 Å². The number of rotatable bonds is 6. The molecule has 11 rings (SSSR count). The Morgan fingerprint density at radius 1 is 0.431 bits per heavy atom. The van der Waals surface area contributed by atoms with Crippen LogP contribution < -0.4 is 25.6 Å². The number of hydrogen-bond donors (Lipinski definition) is 0. The van der Waals surface area contributed by atoms with Gasteiger partial charge in [0.1, 0.15) is 0 Å². The lowest BCUT2D eigenvalue weighted by Crippen LogP contribution is -2.77. The lowest BCUT2D eigenvalue weighted by atomic mass is 10.1. The van der Waals surface area contributed by atoms with Crippen molar-refractivity contribution in [3.05, 3.63) is 218 Å². The predicted octanol–water partition coefficient (Wildman–Crippen LogP) is 11.1. The van der Waals surface area contributed by atoms with Gasteiger partial charge in [-0.05, 0) is 113 Å². The molecule has 1 aliphatic heterocycles. The van der Waals surface area contributed by atoms with Crippen LogP contribution in [-0.2, 0) is 0 Å². The molecule has 0 amide bonds. The first-order valence-electron chi connectivity index (χ1n) is 20.1. The van der Waals surface area contributed by atoms with Gasteiger partial charge in [-0.25, -0.2) is 0 Å². The third-order valence-corrected chi connectivity index (χ3v) is 17.2. The summed E-state index contributed by atoms with van der Waals surface area (Å²) in [4.78, 5) is 2.51. The van der Waals surface area contributed by atoms with Crippen LogP contribution in [-0.4, -0.2) is 17.2 Å². The van der Waals surface area contributed by atoms with Crippen molar-refractivity contribution in [2.75, 3.05) is 4.90 Å². The predicted molar refractivity (Wildman–Crippen MR) is 249 cm³/mol. The topological polar surface area (TPSA) is 13.1 Å². The van der Waals surface area contributed by atoms with Gasteiger partial charge in [0.25, 0.3) is 0 Å². The number of fused-ring (bicyclic) bond motifs is 6. The van der Waals surface area contributed by atoms with E-state index in [1.165, 1.54) is 76.0 Å². The highest BCUT2D eigenvalue weighted by atomic mass is 28.3. The average Bonchev–Trinajstić information content (AvgIpc) is 3.77. The molecule has 0 saturated carbocycles. The summed E-state index contributed by atoms with van der Waals surface area (Å²) in [5.41, 5.74) is 13.0. The van der Waals surface area contributed by atoms with Gasteiger partial charge >= 0.3 is 0 Å². The highest BCUT2D eigenvalue weighted by molar-refractivity contribution is 7.21. The summed E-state index contributed by atoms with van der Waals surface area (Å²) < 4.78 is 4.88. The summed E-state index contributed by atoms with van der Waals surface area (Å²) in [5, 5.41) is 9.16. The second-order valence-corrected chi connectivity index (χ2v) is 19.2. The molecule has 0 N–H and O–H groups in total. The quantitative estimate of drug-likeness (QED) is 0.154. The zero-order valence-electron chi connectivity index (χ0n) is 32.6. The summed E-state index contributed by atoms with van der Waals surface area (Å²) in [6, 6.07) is 72.5. The van der Waals surface area contributed by atoms with Gasteiger partial charge in [-0.1, -0.05) is 140 Å². The smallest absolute Gasteiger partial charge is 0.184 e. The Hall–Kier alpha value is -7.14. The molecule has 8 aromatic carbocycles. The maximum Gasteiger partial charge on any atom is 0.184 e. The molecule has 3 nitrogen and oxygen atoms in total. The Morgan fingerprint density at radius 2 is 0.862 bits per heavy atom. The van der Waals surface area contributed by atoms with E-state index < -0.39 is 8.07 Å². The summed E-state index contributed by atoms with van der Waals surface area (Å²) in [6.45, 7) is 8.70. The molecule has 58 heavy (non-hydrogen) atoms. The number of anilines is 3. The maximum atomic E-state index is 4.33. The van der Waals surface area contributed by atoms with Crippen LogP contribution in [0, 0.1) is 13.8 Å². The van der Waals surface area contributed by atoms with Crippen molar-refractivity contribution in [2.24, 2.45) is 0 Å². The van der Waals surface area contributed by atoms with Gasteiger partial charge in [-0.2, -0.15) is 0 Å². The zero-order chi connectivity index (χ0) is 39.0. The fraction of sp³-hybridized carbons (Fsp3) is 0.0370. The molecule has 0 fully saturated rings. The molecule has 0 unspecified atom stereocenters. The van der Waals surface area contributed by atoms with E-state index in [1.54, 1.807) is 0 Å². The Kier molecular flexibility index (Phi) is 7.78. The van der Waals surface area contributed by atoms with Gasteiger partial charge in [0.05, 0.1) is 16.6 Å². The lowest BCUT2D eigenvalue weighted by Gasteiger charge is -2.45. The summed E-state index contributed by atoms with van der Waals surface area (Å²) in [7, 11) is -3.09. The number of benzene rings is 8. The minimum Gasteiger partial charge on any atom is -0.311 e. The highest BCUT2D eigenvalue weighted by Gasteiger charge is 2.49. The van der Waals surface area contributed by atoms with Crippen molar-refractivity contribution < 1.29 is 0 Å². The Morgan fingerprint density at radius 3 is 1.38 bits per heavy atom. The molecule has 276 valence electrons. The van der Waals surface area contributed by atoms with Crippen LogP contribution >= 0.6 is 0 Å². The molecule has 0 saturated heterocycles. The number of para-hydroxylation sites is 3. The van der Waals surface area contributed by atoms with Crippen LogP contribution in [0.2, 0.25) is 0 Å². The molecule has 2 aromatic heterocycles. The second-order valence-electron chi connectivity index (χ2n) is 15.5. The van der Waals surface area contributed by atoms with Crippen LogP contribution in [0.5, 0.6) is 0 Å². The van der Waals surface area contributed by atoms with Gasteiger partial charge in [0.15, 0.2) is 8.07 Å². The molecule has 0 spiro atoms. The van der Waals surface area contributed by atoms with Gasteiger partial charge in [0, 0.05) is 50.3 Å². The molecule has 0 atom stereocenters. The molecule has 3 heterocycles. The third-order valence-electron chi connectivity index (χ3n) is 12.4. The van der Waals surface area contributed by atoms with Gasteiger partial charge in [0.2, 0.25) is 0 Å². The van der Waals surface area contributed by atoms with E-state index in [0.717, 1.165) is 22.8 Å². The summed E-state index contributed by atoms with van der Waals surface area (Å²) >= 11 is 0. The second kappa shape index (κ2) is 13.2. The van der Waals surface area contributed by atoms with E-state index in [4.69, 9.17) is 0 Å². The Balaban J connectivity index is 1.31. The fourth-order valence-electron chi connectivity index (χ4n) is 9.87. The van der Waals surface area contributed by atoms with Crippen molar-refractivity contribution in [1.82, 2.24) is 9.13 Å². The van der Waals surface area contributed by atoms with E-state index in [0.29, 0.717) is 0 Å². The normalized spacial score (nSPS) is 13.2. The Labute approximate surface area is 340 Å². The maximum absolute atomic E-state index is 4.33. The molecule has 0 bridgehead atoms. The van der Waals surface area contributed by atoms with Gasteiger partial charge in [-0.3, -0.25) is 0 Å². The average molecular weight is 760 g/mol. The molecular weight excluding hydrogens is 719 g/mol. The molecule has 4 heteroatoms. The summed E-state index contributed by atoms with van der Waals surface area (Å²) in [5.74, 6) is 0. The van der Waals surface area contributed by atoms with Crippen LogP contribution in [0.25, 0.3) is 50.2 Å². The SMILES string of the molecule is C=Cc1c(C)c2ccccc2n1-c1ccc2c(c1)[Si](c1ccccc1)(c1ccccc1)c1cc(-n3c4ccccc4c4ccccc43)ccc1N2c1ccc(C)cc1. The molecule has 0 radical (unpaired) electrons. The van der Waals surface area contributed by atoms with Crippen molar-refractivity contribution in [3.63, 3.8) is 0 Å².